The van der Waals surface area contributed by atoms with Gasteiger partial charge in [0, 0.05) is 9.81 Å². The molecule has 1 nitrogen and oxygen atoms in total. The second kappa shape index (κ2) is 4.09. The molecule has 0 fully saturated rings. The van der Waals surface area contributed by atoms with E-state index in [0.29, 0.717) is 0 Å². The van der Waals surface area contributed by atoms with Crippen molar-refractivity contribution in [3.63, 3.8) is 0 Å². The van der Waals surface area contributed by atoms with Crippen LogP contribution in [0.15, 0.2) is 14.8 Å². The highest BCUT2D eigenvalue weighted by Gasteiger charge is 2.32. The third-order valence-corrected chi connectivity index (χ3v) is 4.27. The lowest BCUT2D eigenvalue weighted by Gasteiger charge is -2.17. The van der Waals surface area contributed by atoms with Gasteiger partial charge in [-0.15, -0.1) is 23.5 Å². The topological polar surface area (TPSA) is 12.4 Å². The quantitative estimate of drug-likeness (QED) is 0.713. The maximum absolute atomic E-state index is 4.74. The van der Waals surface area contributed by atoms with Gasteiger partial charge in [-0.1, -0.05) is 6.92 Å². The predicted octanol–water partition coefficient (Wildman–Crippen LogP) is 3.57. The molecular formula is C10H17NS2. The van der Waals surface area contributed by atoms with Crippen LogP contribution >= 0.6 is 23.5 Å². The summed E-state index contributed by atoms with van der Waals surface area (Å²) in [4.78, 5) is 7.57. The van der Waals surface area contributed by atoms with Crippen molar-refractivity contribution in [1.29, 1.82) is 0 Å². The summed E-state index contributed by atoms with van der Waals surface area (Å²) in [6.45, 7) is 6.56. The summed E-state index contributed by atoms with van der Waals surface area (Å²) in [5.41, 5.74) is 1.30. The fourth-order valence-corrected chi connectivity index (χ4v) is 3.85. The summed E-state index contributed by atoms with van der Waals surface area (Å²) >= 11 is 3.66. The molecule has 0 unspecified atom stereocenters. The van der Waals surface area contributed by atoms with Crippen LogP contribution in [-0.2, 0) is 0 Å². The van der Waals surface area contributed by atoms with Crippen LogP contribution in [0.4, 0.5) is 0 Å². The van der Waals surface area contributed by atoms with Crippen molar-refractivity contribution in [3.05, 3.63) is 9.81 Å². The van der Waals surface area contributed by atoms with Crippen molar-refractivity contribution < 1.29 is 0 Å². The van der Waals surface area contributed by atoms with E-state index in [0.717, 1.165) is 6.42 Å². The van der Waals surface area contributed by atoms with Crippen molar-refractivity contribution in [2.24, 2.45) is 4.99 Å². The van der Waals surface area contributed by atoms with Gasteiger partial charge in [0.05, 0.1) is 11.3 Å². The van der Waals surface area contributed by atoms with Crippen LogP contribution in [0.25, 0.3) is 0 Å². The lowest BCUT2D eigenvalue weighted by molar-refractivity contribution is 0.658. The molecule has 0 bridgehead atoms. The first-order valence-electron chi connectivity index (χ1n) is 4.48. The fourth-order valence-electron chi connectivity index (χ4n) is 1.64. The van der Waals surface area contributed by atoms with Crippen LogP contribution in [0, 0.1) is 0 Å². The van der Waals surface area contributed by atoms with Gasteiger partial charge >= 0.3 is 0 Å². The lowest BCUT2D eigenvalue weighted by Crippen LogP contribution is -2.14. The summed E-state index contributed by atoms with van der Waals surface area (Å²) in [5.74, 6) is 0. The van der Waals surface area contributed by atoms with Crippen LogP contribution < -0.4 is 0 Å². The molecule has 1 aliphatic rings. The molecule has 0 aromatic carbocycles. The standard InChI is InChI=1S/C10H17NS2/c1-6-7-8(12-4)9(13-5)10(2,3)11-7/h6H2,1-5H3. The van der Waals surface area contributed by atoms with E-state index in [1.807, 2.05) is 23.5 Å². The van der Waals surface area contributed by atoms with E-state index in [-0.39, 0.29) is 5.54 Å². The Labute approximate surface area is 89.5 Å². The zero-order chi connectivity index (χ0) is 10.1. The SMILES string of the molecule is CCC1=NC(C)(C)C(SC)=C1SC. The van der Waals surface area contributed by atoms with E-state index in [4.69, 9.17) is 4.99 Å². The smallest absolute Gasteiger partial charge is 0.0873 e. The van der Waals surface area contributed by atoms with Gasteiger partial charge in [0.25, 0.3) is 0 Å². The molecule has 0 aliphatic carbocycles. The monoisotopic (exact) mass is 215 g/mol. The van der Waals surface area contributed by atoms with Gasteiger partial charge in [-0.05, 0) is 32.8 Å². The maximum Gasteiger partial charge on any atom is 0.0873 e. The summed E-state index contributed by atoms with van der Waals surface area (Å²) < 4.78 is 0. The van der Waals surface area contributed by atoms with Crippen molar-refractivity contribution in [2.75, 3.05) is 12.5 Å². The number of hydrogen-bond acceptors (Lipinski definition) is 3. The fraction of sp³-hybridized carbons (Fsp3) is 0.700. The number of allylic oxidation sites excluding steroid dienone is 1. The van der Waals surface area contributed by atoms with Gasteiger partial charge < -0.3 is 0 Å². The van der Waals surface area contributed by atoms with E-state index in [9.17, 15) is 0 Å². The van der Waals surface area contributed by atoms with Crippen LogP contribution in [0.5, 0.6) is 0 Å². The Morgan fingerprint density at radius 3 is 2.23 bits per heavy atom. The molecule has 0 aromatic heterocycles. The minimum absolute atomic E-state index is 0.0170. The third kappa shape index (κ3) is 1.96. The van der Waals surface area contributed by atoms with Gasteiger partial charge in [0.2, 0.25) is 0 Å². The number of thioether (sulfide) groups is 2. The Balaban J connectivity index is 3.12. The van der Waals surface area contributed by atoms with Crippen LogP contribution in [0.1, 0.15) is 27.2 Å². The molecule has 0 saturated carbocycles. The summed E-state index contributed by atoms with van der Waals surface area (Å²) in [6, 6.07) is 0. The molecule has 0 amide bonds. The van der Waals surface area contributed by atoms with E-state index < -0.39 is 0 Å². The van der Waals surface area contributed by atoms with Crippen molar-refractivity contribution in [1.82, 2.24) is 0 Å². The first-order chi connectivity index (χ1) is 6.06. The zero-order valence-electron chi connectivity index (χ0n) is 8.97. The lowest BCUT2D eigenvalue weighted by atomic mass is 10.1. The minimum Gasteiger partial charge on any atom is -0.277 e. The summed E-state index contributed by atoms with van der Waals surface area (Å²) in [6.07, 6.45) is 5.32. The number of hydrogen-bond donors (Lipinski definition) is 0. The molecule has 0 radical (unpaired) electrons. The van der Waals surface area contributed by atoms with E-state index in [1.165, 1.54) is 15.5 Å². The number of rotatable bonds is 3. The van der Waals surface area contributed by atoms with Crippen LogP contribution in [-0.4, -0.2) is 23.8 Å². The van der Waals surface area contributed by atoms with Crippen LogP contribution in [0.2, 0.25) is 0 Å². The molecule has 0 atom stereocenters. The number of aliphatic imine (C=N–C) groups is 1. The highest BCUT2D eigenvalue weighted by molar-refractivity contribution is 8.06. The summed E-state index contributed by atoms with van der Waals surface area (Å²) in [7, 11) is 0. The second-order valence-corrected chi connectivity index (χ2v) is 5.17. The Bertz CT molecular complexity index is 264. The molecule has 1 heterocycles. The van der Waals surface area contributed by atoms with E-state index in [1.54, 1.807) is 0 Å². The van der Waals surface area contributed by atoms with Crippen molar-refractivity contribution >= 4 is 29.2 Å². The Kier molecular flexibility index (Phi) is 3.52. The van der Waals surface area contributed by atoms with Gasteiger partial charge in [-0.2, -0.15) is 0 Å². The van der Waals surface area contributed by atoms with E-state index in [2.05, 4.69) is 33.3 Å². The average molecular weight is 215 g/mol. The average Bonchev–Trinajstić information content (AvgIpc) is 2.35. The molecule has 1 rings (SSSR count). The maximum atomic E-state index is 4.74. The first-order valence-corrected chi connectivity index (χ1v) is 6.93. The third-order valence-electron chi connectivity index (χ3n) is 2.18. The molecule has 13 heavy (non-hydrogen) atoms. The van der Waals surface area contributed by atoms with Gasteiger partial charge in [-0.25, -0.2) is 0 Å². The molecule has 3 heteroatoms. The molecule has 0 N–H and O–H groups in total. The van der Waals surface area contributed by atoms with Gasteiger partial charge in [0.15, 0.2) is 0 Å². The Morgan fingerprint density at radius 2 is 1.85 bits per heavy atom. The minimum atomic E-state index is 0.0170. The Hall–Kier alpha value is 0.110. The molecule has 0 saturated heterocycles. The van der Waals surface area contributed by atoms with Gasteiger partial charge in [0.1, 0.15) is 0 Å². The largest absolute Gasteiger partial charge is 0.277 e. The van der Waals surface area contributed by atoms with Crippen molar-refractivity contribution in [3.8, 4) is 0 Å². The molecule has 0 aromatic rings. The Morgan fingerprint density at radius 1 is 1.23 bits per heavy atom. The zero-order valence-corrected chi connectivity index (χ0v) is 10.6. The van der Waals surface area contributed by atoms with Crippen LogP contribution in [0.3, 0.4) is 0 Å². The first kappa shape index (κ1) is 11.2. The summed E-state index contributed by atoms with van der Waals surface area (Å²) in [5, 5.41) is 0. The highest BCUT2D eigenvalue weighted by atomic mass is 32.2. The van der Waals surface area contributed by atoms with Gasteiger partial charge in [-0.3, -0.25) is 4.99 Å². The highest BCUT2D eigenvalue weighted by Crippen LogP contribution is 2.42. The van der Waals surface area contributed by atoms with E-state index >= 15 is 0 Å². The number of nitrogens with zero attached hydrogens (tertiary/aromatic N) is 1. The molecular weight excluding hydrogens is 198 g/mol. The molecule has 1 aliphatic heterocycles. The second-order valence-electron chi connectivity index (χ2n) is 3.54. The van der Waals surface area contributed by atoms with Crippen molar-refractivity contribution in [2.45, 2.75) is 32.7 Å². The normalized spacial score (nSPS) is 20.8. The molecule has 74 valence electrons. The molecule has 0 spiro atoms. The predicted molar refractivity (Wildman–Crippen MR) is 65.9 cm³/mol.